The number of nitrogens with zero attached hydrogens (tertiary/aromatic N) is 2. The molecule has 0 bridgehead atoms. The van der Waals surface area contributed by atoms with Crippen LogP contribution in [0.1, 0.15) is 17.6 Å². The molecular formula is C10H15F3N4OS. The third-order valence-corrected chi connectivity index (χ3v) is 2.80. The van der Waals surface area contributed by atoms with E-state index in [4.69, 9.17) is 5.11 Å². The Morgan fingerprint density at radius 2 is 2.21 bits per heavy atom. The number of hydrogen-bond donors (Lipinski definition) is 3. The molecule has 0 unspecified atom stereocenters. The topological polar surface area (TPSA) is 69.5 Å². The maximum atomic E-state index is 12.3. The zero-order chi connectivity index (χ0) is 14.3. The molecule has 0 spiro atoms. The van der Waals surface area contributed by atoms with Crippen molar-refractivity contribution in [2.75, 3.05) is 19.7 Å². The lowest BCUT2D eigenvalue weighted by atomic mass is 10.5. The van der Waals surface area contributed by atoms with Crippen molar-refractivity contribution in [1.29, 1.82) is 0 Å². The summed E-state index contributed by atoms with van der Waals surface area (Å²) >= 11 is 0.917. The summed E-state index contributed by atoms with van der Waals surface area (Å²) in [6, 6.07) is 0. The highest BCUT2D eigenvalue weighted by molar-refractivity contribution is 7.09. The molecule has 0 saturated heterocycles. The molecule has 19 heavy (non-hydrogen) atoms. The minimum absolute atomic E-state index is 0.0557. The van der Waals surface area contributed by atoms with Crippen molar-refractivity contribution in [3.63, 3.8) is 0 Å². The Morgan fingerprint density at radius 3 is 2.74 bits per heavy atom. The number of aliphatic hydroxyl groups is 1. The van der Waals surface area contributed by atoms with Crippen LogP contribution in [-0.4, -0.2) is 35.7 Å². The van der Waals surface area contributed by atoms with Crippen LogP contribution in [0.5, 0.6) is 0 Å². The largest absolute Gasteiger partial charge is 0.434 e. The number of aliphatic hydroxyl groups excluding tert-OH is 1. The number of rotatable bonds is 5. The van der Waals surface area contributed by atoms with Crippen molar-refractivity contribution in [2.45, 2.75) is 19.6 Å². The minimum atomic E-state index is -4.42. The fourth-order valence-corrected chi connectivity index (χ4v) is 1.90. The molecule has 0 fully saturated rings. The van der Waals surface area contributed by atoms with Gasteiger partial charge in [-0.15, -0.1) is 11.3 Å². The number of thiazole rings is 1. The molecule has 9 heteroatoms. The predicted octanol–water partition coefficient (Wildman–Crippen LogP) is 1.21. The second-order valence-corrected chi connectivity index (χ2v) is 4.41. The molecule has 3 N–H and O–H groups in total. The molecule has 0 aliphatic heterocycles. The van der Waals surface area contributed by atoms with Crippen molar-refractivity contribution >= 4 is 17.3 Å². The summed E-state index contributed by atoms with van der Waals surface area (Å²) in [5, 5.41) is 15.7. The maximum Gasteiger partial charge on any atom is 0.434 e. The van der Waals surface area contributed by atoms with Crippen molar-refractivity contribution in [3.05, 3.63) is 16.1 Å². The zero-order valence-corrected chi connectivity index (χ0v) is 11.1. The van der Waals surface area contributed by atoms with Gasteiger partial charge in [-0.25, -0.2) is 9.98 Å². The lowest BCUT2D eigenvalue weighted by molar-refractivity contribution is -0.140. The van der Waals surface area contributed by atoms with Crippen molar-refractivity contribution < 1.29 is 18.3 Å². The van der Waals surface area contributed by atoms with Crippen molar-refractivity contribution in [2.24, 2.45) is 4.99 Å². The van der Waals surface area contributed by atoms with Crippen LogP contribution < -0.4 is 10.6 Å². The van der Waals surface area contributed by atoms with Crippen LogP contribution >= 0.6 is 11.3 Å². The van der Waals surface area contributed by atoms with E-state index < -0.39 is 11.9 Å². The Morgan fingerprint density at radius 1 is 1.47 bits per heavy atom. The normalized spacial score (nSPS) is 12.6. The Balaban J connectivity index is 2.64. The first kappa shape index (κ1) is 15.7. The van der Waals surface area contributed by atoms with Crippen molar-refractivity contribution in [1.82, 2.24) is 15.6 Å². The van der Waals surface area contributed by atoms with Crippen LogP contribution in [0.25, 0.3) is 0 Å². The summed E-state index contributed by atoms with van der Waals surface area (Å²) in [4.78, 5) is 7.56. The molecule has 1 aromatic heterocycles. The molecule has 5 nitrogen and oxygen atoms in total. The number of aliphatic imine (C=N–C) groups is 1. The van der Waals surface area contributed by atoms with Gasteiger partial charge in [0.05, 0.1) is 13.2 Å². The lowest BCUT2D eigenvalue weighted by Gasteiger charge is -2.09. The SMILES string of the molecule is CCNC(=NCc1nc(C(F)(F)F)cs1)NCCO. The second-order valence-electron chi connectivity index (χ2n) is 3.47. The van der Waals surface area contributed by atoms with Crippen LogP contribution in [0.3, 0.4) is 0 Å². The number of guanidine groups is 1. The van der Waals surface area contributed by atoms with Gasteiger partial charge in [0.25, 0.3) is 0 Å². The van der Waals surface area contributed by atoms with E-state index in [1.165, 1.54) is 0 Å². The molecule has 0 amide bonds. The molecule has 1 rings (SSSR count). The van der Waals surface area contributed by atoms with Gasteiger partial charge in [0.2, 0.25) is 0 Å². The van der Waals surface area contributed by atoms with E-state index in [1.54, 1.807) is 0 Å². The molecule has 108 valence electrons. The molecule has 0 radical (unpaired) electrons. The van der Waals surface area contributed by atoms with Crippen LogP contribution in [0.15, 0.2) is 10.4 Å². The van der Waals surface area contributed by atoms with Gasteiger partial charge in [0.15, 0.2) is 11.7 Å². The fraction of sp³-hybridized carbons (Fsp3) is 0.600. The average molecular weight is 296 g/mol. The Labute approximate surface area is 112 Å². The average Bonchev–Trinajstić information content (AvgIpc) is 2.81. The first-order valence-corrected chi connectivity index (χ1v) is 6.50. The third kappa shape index (κ3) is 5.43. The highest BCUT2D eigenvalue weighted by Gasteiger charge is 2.33. The standard InChI is InChI=1S/C10H15F3N4OS/c1-2-14-9(15-3-4-18)16-5-8-17-7(6-19-8)10(11,12)13/h6,18H,2-5H2,1H3,(H2,14,15,16). The summed E-state index contributed by atoms with van der Waals surface area (Å²) in [5.74, 6) is 0.431. The summed E-state index contributed by atoms with van der Waals surface area (Å²) in [7, 11) is 0. The summed E-state index contributed by atoms with van der Waals surface area (Å²) < 4.78 is 37.0. The highest BCUT2D eigenvalue weighted by Crippen LogP contribution is 2.30. The van der Waals surface area contributed by atoms with Gasteiger partial charge in [-0.05, 0) is 6.92 Å². The molecular weight excluding hydrogens is 281 g/mol. The summed E-state index contributed by atoms with van der Waals surface area (Å²) in [6.07, 6.45) is -4.42. The molecule has 1 aromatic rings. The second kappa shape index (κ2) is 7.29. The van der Waals surface area contributed by atoms with Crippen molar-refractivity contribution in [3.8, 4) is 0 Å². The number of alkyl halides is 3. The number of halogens is 3. The quantitative estimate of drug-likeness (QED) is 0.564. The van der Waals surface area contributed by atoms with Gasteiger partial charge in [-0.1, -0.05) is 0 Å². The van der Waals surface area contributed by atoms with E-state index in [1.807, 2.05) is 6.92 Å². The van der Waals surface area contributed by atoms with Gasteiger partial charge in [0.1, 0.15) is 5.01 Å². The number of hydrogen-bond acceptors (Lipinski definition) is 4. The van der Waals surface area contributed by atoms with E-state index in [9.17, 15) is 13.2 Å². The number of aromatic nitrogens is 1. The first-order valence-electron chi connectivity index (χ1n) is 5.62. The van der Waals surface area contributed by atoms with Gasteiger partial charge >= 0.3 is 6.18 Å². The minimum Gasteiger partial charge on any atom is -0.395 e. The number of nitrogens with one attached hydrogen (secondary N) is 2. The summed E-state index contributed by atoms with van der Waals surface area (Å²) in [5.41, 5.74) is -0.893. The molecule has 0 aliphatic rings. The first-order chi connectivity index (χ1) is 8.97. The molecule has 1 heterocycles. The van der Waals surface area contributed by atoms with Crippen LogP contribution in [-0.2, 0) is 12.7 Å². The molecule has 0 saturated carbocycles. The van der Waals surface area contributed by atoms with Crippen LogP contribution in [0.4, 0.5) is 13.2 Å². The molecule has 0 aliphatic carbocycles. The van der Waals surface area contributed by atoms with Gasteiger partial charge in [-0.2, -0.15) is 13.2 Å². The van der Waals surface area contributed by atoms with E-state index in [0.29, 0.717) is 19.0 Å². The Hall–Kier alpha value is -1.35. The van der Waals surface area contributed by atoms with Crippen LogP contribution in [0, 0.1) is 0 Å². The molecule has 0 aromatic carbocycles. The lowest BCUT2D eigenvalue weighted by Crippen LogP contribution is -2.38. The van der Waals surface area contributed by atoms with Gasteiger partial charge in [-0.3, -0.25) is 0 Å². The highest BCUT2D eigenvalue weighted by atomic mass is 32.1. The van der Waals surface area contributed by atoms with E-state index in [2.05, 4.69) is 20.6 Å². The van der Waals surface area contributed by atoms with E-state index in [0.717, 1.165) is 16.7 Å². The third-order valence-electron chi connectivity index (χ3n) is 1.96. The van der Waals surface area contributed by atoms with E-state index >= 15 is 0 Å². The van der Waals surface area contributed by atoms with Gasteiger partial charge in [0, 0.05) is 18.5 Å². The smallest absolute Gasteiger partial charge is 0.395 e. The van der Waals surface area contributed by atoms with Gasteiger partial charge < -0.3 is 15.7 Å². The van der Waals surface area contributed by atoms with E-state index in [-0.39, 0.29) is 18.2 Å². The molecule has 0 atom stereocenters. The Kier molecular flexibility index (Phi) is 6.03. The predicted molar refractivity (Wildman–Crippen MR) is 67.0 cm³/mol. The monoisotopic (exact) mass is 296 g/mol. The van der Waals surface area contributed by atoms with Crippen LogP contribution in [0.2, 0.25) is 0 Å². The maximum absolute atomic E-state index is 12.3. The Bertz CT molecular complexity index is 419. The fourth-order valence-electron chi connectivity index (χ4n) is 1.18. The zero-order valence-electron chi connectivity index (χ0n) is 10.3. The summed E-state index contributed by atoms with van der Waals surface area (Å²) in [6.45, 7) is 2.79.